The summed E-state index contributed by atoms with van der Waals surface area (Å²) in [7, 11) is 0. The molecule has 0 aliphatic carbocycles. The Morgan fingerprint density at radius 3 is 2.18 bits per heavy atom. The van der Waals surface area contributed by atoms with E-state index in [4.69, 9.17) is 4.74 Å². The molecule has 2 aromatic rings. The Bertz CT molecular complexity index is 1150. The Hall–Kier alpha value is -3.40. The molecule has 1 aliphatic heterocycles. The first kappa shape index (κ1) is 24.2. The second-order valence-electron chi connectivity index (χ2n) is 9.15. The van der Waals surface area contributed by atoms with Gasteiger partial charge in [-0.05, 0) is 84.1 Å². The van der Waals surface area contributed by atoms with Crippen LogP contribution in [0.25, 0.3) is 11.3 Å². The van der Waals surface area contributed by atoms with Gasteiger partial charge in [-0.1, -0.05) is 34.9 Å². The van der Waals surface area contributed by atoms with E-state index in [1.165, 1.54) is 23.3 Å². The molecule has 4 heteroatoms. The summed E-state index contributed by atoms with van der Waals surface area (Å²) in [5.41, 5.74) is 6.47. The lowest BCUT2D eigenvalue weighted by Crippen LogP contribution is -1.94. The maximum Gasteiger partial charge on any atom is 0.142 e. The van der Waals surface area contributed by atoms with Crippen molar-refractivity contribution in [2.24, 2.45) is 0 Å². The van der Waals surface area contributed by atoms with Crippen LogP contribution in [0, 0.1) is 0 Å². The van der Waals surface area contributed by atoms with Crippen LogP contribution in [0.1, 0.15) is 70.6 Å². The van der Waals surface area contributed by atoms with Crippen LogP contribution in [0.4, 0.5) is 0 Å². The van der Waals surface area contributed by atoms with Crippen molar-refractivity contribution in [1.29, 1.82) is 0 Å². The van der Waals surface area contributed by atoms with Crippen LogP contribution in [0.3, 0.4) is 0 Å². The van der Waals surface area contributed by atoms with Gasteiger partial charge in [0.25, 0.3) is 0 Å². The fraction of sp³-hybridized carbons (Fsp3) is 0.310. The first-order valence-corrected chi connectivity index (χ1v) is 11.4. The molecule has 0 aromatic heterocycles. The number of rotatable bonds is 7. The minimum absolute atomic E-state index is 0.0472. The molecule has 0 saturated carbocycles. The van der Waals surface area contributed by atoms with Gasteiger partial charge in [0.1, 0.15) is 28.8 Å². The molecule has 0 bridgehead atoms. The molecule has 1 heterocycles. The zero-order chi connectivity index (χ0) is 24.1. The van der Waals surface area contributed by atoms with E-state index in [2.05, 4.69) is 39.0 Å². The van der Waals surface area contributed by atoms with Crippen molar-refractivity contribution >= 4 is 11.3 Å². The van der Waals surface area contributed by atoms with E-state index in [1.54, 1.807) is 12.1 Å². The number of hydrogen-bond acceptors (Lipinski definition) is 4. The summed E-state index contributed by atoms with van der Waals surface area (Å²) in [5.74, 6) is 1.11. The number of fused-ring (bicyclic) bond motifs is 2. The van der Waals surface area contributed by atoms with E-state index in [9.17, 15) is 15.3 Å². The normalized spacial score (nSPS) is 12.9. The topological polar surface area (TPSA) is 69.9 Å². The van der Waals surface area contributed by atoms with Gasteiger partial charge in [-0.25, -0.2) is 0 Å². The Morgan fingerprint density at radius 1 is 0.788 bits per heavy atom. The maximum absolute atomic E-state index is 11.3. The van der Waals surface area contributed by atoms with Crippen molar-refractivity contribution in [2.45, 2.75) is 60.3 Å². The fourth-order valence-electron chi connectivity index (χ4n) is 3.78. The van der Waals surface area contributed by atoms with Gasteiger partial charge in [-0.15, -0.1) is 0 Å². The average molecular weight is 447 g/mol. The first-order valence-electron chi connectivity index (χ1n) is 11.4. The van der Waals surface area contributed by atoms with E-state index >= 15 is 0 Å². The van der Waals surface area contributed by atoms with Crippen molar-refractivity contribution < 1.29 is 20.1 Å². The highest BCUT2D eigenvalue weighted by molar-refractivity contribution is 5.93. The molecular formula is C29H34O4. The van der Waals surface area contributed by atoms with Crippen LogP contribution in [0.15, 0.2) is 65.3 Å². The number of aliphatic hydroxyl groups excluding tert-OH is 1. The van der Waals surface area contributed by atoms with Crippen molar-refractivity contribution in [1.82, 2.24) is 0 Å². The summed E-state index contributed by atoms with van der Waals surface area (Å²) in [6.07, 6.45) is 9.47. The highest BCUT2D eigenvalue weighted by Gasteiger charge is 2.24. The van der Waals surface area contributed by atoms with Crippen LogP contribution in [0.5, 0.6) is 23.0 Å². The van der Waals surface area contributed by atoms with Crippen LogP contribution >= 0.6 is 0 Å². The molecule has 0 saturated heterocycles. The highest BCUT2D eigenvalue weighted by Crippen LogP contribution is 2.46. The number of aliphatic hydroxyl groups is 1. The van der Waals surface area contributed by atoms with Gasteiger partial charge in [0.05, 0.1) is 5.56 Å². The molecule has 4 nitrogen and oxygen atoms in total. The highest BCUT2D eigenvalue weighted by atomic mass is 16.5. The van der Waals surface area contributed by atoms with Gasteiger partial charge in [0.2, 0.25) is 0 Å². The third kappa shape index (κ3) is 6.10. The molecule has 0 unspecified atom stereocenters. The predicted octanol–water partition coefficient (Wildman–Crippen LogP) is 8.22. The third-order valence-corrected chi connectivity index (χ3v) is 5.71. The monoisotopic (exact) mass is 446 g/mol. The summed E-state index contributed by atoms with van der Waals surface area (Å²) in [6, 6.07) is 8.16. The number of phenolic OH excluding ortho intramolecular Hbond substituents is 2. The van der Waals surface area contributed by atoms with Crippen LogP contribution < -0.4 is 4.74 Å². The molecule has 174 valence electrons. The SMILES string of the molecule is CC(C)=CCCC(C)=CCC1=C(O)c2ccc(O)cc2Oc2cc(O)c(CC=C(C)C)cc21. The van der Waals surface area contributed by atoms with Crippen LogP contribution in [-0.2, 0) is 6.42 Å². The average Bonchev–Trinajstić information content (AvgIpc) is 2.83. The van der Waals surface area contributed by atoms with Crippen LogP contribution in [0.2, 0.25) is 0 Å². The molecule has 0 fully saturated rings. The van der Waals surface area contributed by atoms with Gasteiger partial charge >= 0.3 is 0 Å². The Morgan fingerprint density at radius 2 is 1.48 bits per heavy atom. The van der Waals surface area contributed by atoms with Crippen molar-refractivity contribution in [3.05, 3.63) is 82.0 Å². The lowest BCUT2D eigenvalue weighted by atomic mass is 9.94. The van der Waals surface area contributed by atoms with Crippen molar-refractivity contribution in [2.75, 3.05) is 0 Å². The predicted molar refractivity (Wildman–Crippen MR) is 136 cm³/mol. The van der Waals surface area contributed by atoms with Gasteiger partial charge in [-0.2, -0.15) is 0 Å². The summed E-state index contributed by atoms with van der Waals surface area (Å²) in [6.45, 7) is 10.3. The summed E-state index contributed by atoms with van der Waals surface area (Å²) >= 11 is 0. The summed E-state index contributed by atoms with van der Waals surface area (Å²) in [5, 5.41) is 31.9. The lowest BCUT2D eigenvalue weighted by Gasteiger charge is -2.14. The molecule has 3 rings (SSSR count). The zero-order valence-corrected chi connectivity index (χ0v) is 20.2. The standard InChI is InChI=1S/C29H34O4/c1-18(2)7-6-8-20(5)10-13-23-25-15-21(11-9-19(3)4)26(31)17-28(25)33-27-16-22(30)12-14-24(27)29(23)32/h7,9-10,12,14-17,30-32H,6,8,11,13H2,1-5H3. The Labute approximate surface area is 196 Å². The van der Waals surface area contributed by atoms with E-state index in [0.29, 0.717) is 29.9 Å². The largest absolute Gasteiger partial charge is 0.508 e. The molecule has 0 amide bonds. The molecule has 2 aromatic carbocycles. The summed E-state index contributed by atoms with van der Waals surface area (Å²) in [4.78, 5) is 0. The molecule has 3 N–H and O–H groups in total. The van der Waals surface area contributed by atoms with E-state index in [-0.39, 0.29) is 17.3 Å². The zero-order valence-electron chi connectivity index (χ0n) is 20.2. The van der Waals surface area contributed by atoms with E-state index < -0.39 is 0 Å². The van der Waals surface area contributed by atoms with Crippen molar-refractivity contribution in [3.8, 4) is 23.0 Å². The summed E-state index contributed by atoms with van der Waals surface area (Å²) < 4.78 is 6.08. The number of ether oxygens (including phenoxy) is 1. The second-order valence-corrected chi connectivity index (χ2v) is 9.15. The first-order chi connectivity index (χ1) is 15.7. The maximum atomic E-state index is 11.3. The minimum atomic E-state index is 0.0472. The van der Waals surface area contributed by atoms with Crippen molar-refractivity contribution in [3.63, 3.8) is 0 Å². The van der Waals surface area contributed by atoms with Gasteiger partial charge in [0, 0.05) is 23.3 Å². The second kappa shape index (κ2) is 10.5. The molecule has 33 heavy (non-hydrogen) atoms. The quantitative estimate of drug-likeness (QED) is 0.375. The minimum Gasteiger partial charge on any atom is -0.508 e. The molecule has 1 aliphatic rings. The van der Waals surface area contributed by atoms with Gasteiger partial charge < -0.3 is 20.1 Å². The Balaban J connectivity index is 2.08. The molecule has 0 radical (unpaired) electrons. The number of benzene rings is 2. The molecule has 0 atom stereocenters. The van der Waals surface area contributed by atoms with Gasteiger partial charge in [0.15, 0.2) is 0 Å². The van der Waals surface area contributed by atoms with E-state index in [1.807, 2.05) is 19.9 Å². The van der Waals surface area contributed by atoms with E-state index in [0.717, 1.165) is 35.1 Å². The smallest absolute Gasteiger partial charge is 0.142 e. The molecule has 0 spiro atoms. The lowest BCUT2D eigenvalue weighted by molar-refractivity contribution is 0.441. The number of aromatic hydroxyl groups is 2. The fourth-order valence-corrected chi connectivity index (χ4v) is 3.78. The Kier molecular flexibility index (Phi) is 7.70. The van der Waals surface area contributed by atoms with Crippen LogP contribution in [-0.4, -0.2) is 15.3 Å². The molecular weight excluding hydrogens is 412 g/mol. The number of phenols is 2. The third-order valence-electron chi connectivity index (χ3n) is 5.71. The number of hydrogen-bond donors (Lipinski definition) is 3. The number of allylic oxidation sites excluding steroid dienone is 7. The van der Waals surface area contributed by atoms with Gasteiger partial charge in [-0.3, -0.25) is 0 Å².